The van der Waals surface area contributed by atoms with Crippen molar-refractivity contribution in [1.82, 2.24) is 15.1 Å². The first-order valence-corrected chi connectivity index (χ1v) is 8.14. The molecule has 1 fully saturated rings. The monoisotopic (exact) mass is 277 g/mol. The fraction of sp³-hybridized carbons (Fsp3) is 0.824. The van der Waals surface area contributed by atoms with Crippen LogP contribution in [0.1, 0.15) is 52.1 Å². The fourth-order valence-electron chi connectivity index (χ4n) is 3.40. The maximum absolute atomic E-state index is 4.21. The Kier molecular flexibility index (Phi) is 5.25. The summed E-state index contributed by atoms with van der Waals surface area (Å²) >= 11 is 0. The van der Waals surface area contributed by atoms with Gasteiger partial charge in [-0.15, -0.1) is 0 Å². The van der Waals surface area contributed by atoms with E-state index in [1.165, 1.54) is 37.9 Å². The Morgan fingerprint density at radius 1 is 1.25 bits per heavy atom. The van der Waals surface area contributed by atoms with Crippen LogP contribution in [0, 0.1) is 17.3 Å². The van der Waals surface area contributed by atoms with Crippen molar-refractivity contribution in [1.29, 1.82) is 0 Å². The third-order valence-corrected chi connectivity index (χ3v) is 4.98. The molecule has 1 heterocycles. The van der Waals surface area contributed by atoms with Gasteiger partial charge in [0.15, 0.2) is 0 Å². The van der Waals surface area contributed by atoms with Gasteiger partial charge in [0.2, 0.25) is 0 Å². The first-order valence-electron chi connectivity index (χ1n) is 8.14. The molecule has 0 radical (unpaired) electrons. The number of nitrogens with one attached hydrogen (secondary N) is 1. The summed E-state index contributed by atoms with van der Waals surface area (Å²) < 4.78 is 1.97. The van der Waals surface area contributed by atoms with Crippen LogP contribution < -0.4 is 5.32 Å². The number of aromatic nitrogens is 2. The van der Waals surface area contributed by atoms with E-state index < -0.39 is 0 Å². The second-order valence-corrected chi connectivity index (χ2v) is 7.48. The fourth-order valence-corrected chi connectivity index (χ4v) is 3.40. The number of aryl methyl sites for hydroxylation is 1. The molecule has 1 aliphatic carbocycles. The minimum Gasteiger partial charge on any atom is -0.316 e. The van der Waals surface area contributed by atoms with E-state index in [1.807, 2.05) is 17.9 Å². The highest BCUT2D eigenvalue weighted by Crippen LogP contribution is 2.39. The van der Waals surface area contributed by atoms with Crippen LogP contribution in [0.3, 0.4) is 0 Å². The first-order chi connectivity index (χ1) is 9.47. The second kappa shape index (κ2) is 6.75. The lowest BCUT2D eigenvalue weighted by atomic mass is 9.70. The molecule has 0 spiro atoms. The molecule has 2 rings (SSSR count). The third-order valence-electron chi connectivity index (χ3n) is 4.98. The molecule has 3 heteroatoms. The van der Waals surface area contributed by atoms with E-state index in [9.17, 15) is 0 Å². The van der Waals surface area contributed by atoms with Crippen LogP contribution in [0.4, 0.5) is 0 Å². The lowest BCUT2D eigenvalue weighted by molar-refractivity contribution is 0.149. The van der Waals surface area contributed by atoms with Gasteiger partial charge in [-0.2, -0.15) is 5.10 Å². The topological polar surface area (TPSA) is 29.9 Å². The second-order valence-electron chi connectivity index (χ2n) is 7.48. The molecule has 0 aliphatic heterocycles. The minimum absolute atomic E-state index is 0.498. The normalized spacial score (nSPS) is 24.0. The smallest absolute Gasteiger partial charge is 0.0492 e. The average Bonchev–Trinajstić information content (AvgIpc) is 2.80. The summed E-state index contributed by atoms with van der Waals surface area (Å²) in [6.45, 7) is 9.44. The molecule has 0 amide bonds. The van der Waals surface area contributed by atoms with E-state index >= 15 is 0 Å². The molecule has 0 aromatic carbocycles. The molecule has 1 N–H and O–H groups in total. The highest BCUT2D eigenvalue weighted by Gasteiger charge is 2.29. The van der Waals surface area contributed by atoms with Crippen LogP contribution in [0.25, 0.3) is 0 Å². The van der Waals surface area contributed by atoms with Crippen molar-refractivity contribution in [3.05, 3.63) is 18.0 Å². The van der Waals surface area contributed by atoms with E-state index in [0.717, 1.165) is 24.8 Å². The zero-order valence-corrected chi connectivity index (χ0v) is 13.7. The summed E-state index contributed by atoms with van der Waals surface area (Å²) in [5.41, 5.74) is 1.81. The van der Waals surface area contributed by atoms with Crippen molar-refractivity contribution in [3.8, 4) is 0 Å². The Labute approximate surface area is 124 Å². The third kappa shape index (κ3) is 4.34. The lowest BCUT2D eigenvalue weighted by Crippen LogP contribution is -2.31. The summed E-state index contributed by atoms with van der Waals surface area (Å²) in [4.78, 5) is 0. The molecule has 1 aliphatic rings. The van der Waals surface area contributed by atoms with Crippen LogP contribution in [-0.2, 0) is 13.5 Å². The molecule has 0 atom stereocenters. The van der Waals surface area contributed by atoms with Crippen molar-refractivity contribution in [2.45, 2.75) is 52.9 Å². The maximum atomic E-state index is 4.21. The summed E-state index contributed by atoms with van der Waals surface area (Å²) in [7, 11) is 2.02. The number of hydrogen-bond acceptors (Lipinski definition) is 2. The number of rotatable bonds is 5. The standard InChI is InChI=1S/C17H31N3/c1-17(2,3)15-7-5-14(6-8-15)13-18-11-9-16-10-12-19-20(16)4/h10,12,14-15,18H,5-9,11,13H2,1-4H3. The Balaban J connectivity index is 1.61. The highest BCUT2D eigenvalue weighted by molar-refractivity contribution is 5.00. The molecule has 1 saturated carbocycles. The average molecular weight is 277 g/mol. The largest absolute Gasteiger partial charge is 0.316 e. The number of nitrogens with zero attached hydrogens (tertiary/aromatic N) is 2. The van der Waals surface area contributed by atoms with E-state index in [2.05, 4.69) is 37.3 Å². The van der Waals surface area contributed by atoms with Crippen LogP contribution >= 0.6 is 0 Å². The molecule has 114 valence electrons. The van der Waals surface area contributed by atoms with Crippen molar-refractivity contribution in [2.24, 2.45) is 24.3 Å². The van der Waals surface area contributed by atoms with Gasteiger partial charge in [-0.05, 0) is 55.5 Å². The van der Waals surface area contributed by atoms with Crippen molar-refractivity contribution < 1.29 is 0 Å². The van der Waals surface area contributed by atoms with Gasteiger partial charge in [0, 0.05) is 31.9 Å². The molecule has 0 saturated heterocycles. The Hall–Kier alpha value is -0.830. The van der Waals surface area contributed by atoms with Gasteiger partial charge in [-0.25, -0.2) is 0 Å². The number of hydrogen-bond donors (Lipinski definition) is 1. The van der Waals surface area contributed by atoms with E-state index in [-0.39, 0.29) is 0 Å². The van der Waals surface area contributed by atoms with Crippen LogP contribution in [-0.4, -0.2) is 22.9 Å². The zero-order chi connectivity index (χ0) is 14.6. The van der Waals surface area contributed by atoms with Gasteiger partial charge in [-0.1, -0.05) is 20.8 Å². The van der Waals surface area contributed by atoms with Crippen molar-refractivity contribution in [2.75, 3.05) is 13.1 Å². The van der Waals surface area contributed by atoms with Gasteiger partial charge in [-0.3, -0.25) is 4.68 Å². The molecular weight excluding hydrogens is 246 g/mol. The van der Waals surface area contributed by atoms with E-state index in [1.54, 1.807) is 0 Å². The summed E-state index contributed by atoms with van der Waals surface area (Å²) in [6, 6.07) is 2.11. The molecule has 3 nitrogen and oxygen atoms in total. The van der Waals surface area contributed by atoms with E-state index in [0.29, 0.717) is 5.41 Å². The molecular formula is C17H31N3. The predicted octanol–water partition coefficient (Wildman–Crippen LogP) is 3.40. The van der Waals surface area contributed by atoms with E-state index in [4.69, 9.17) is 0 Å². The Morgan fingerprint density at radius 3 is 2.50 bits per heavy atom. The lowest BCUT2D eigenvalue weighted by Gasteiger charge is -2.37. The van der Waals surface area contributed by atoms with Gasteiger partial charge >= 0.3 is 0 Å². The SMILES string of the molecule is Cn1nccc1CCNCC1CCC(C(C)(C)C)CC1. The van der Waals surface area contributed by atoms with Crippen LogP contribution in [0.5, 0.6) is 0 Å². The summed E-state index contributed by atoms with van der Waals surface area (Å²) in [6.07, 6.45) is 8.59. The van der Waals surface area contributed by atoms with Crippen molar-refractivity contribution >= 4 is 0 Å². The molecule has 1 aromatic rings. The van der Waals surface area contributed by atoms with Crippen molar-refractivity contribution in [3.63, 3.8) is 0 Å². The molecule has 0 unspecified atom stereocenters. The predicted molar refractivity (Wildman–Crippen MR) is 84.7 cm³/mol. The zero-order valence-electron chi connectivity index (χ0n) is 13.7. The first kappa shape index (κ1) is 15.6. The van der Waals surface area contributed by atoms with Gasteiger partial charge in [0.05, 0.1) is 0 Å². The molecule has 0 bridgehead atoms. The Morgan fingerprint density at radius 2 is 1.95 bits per heavy atom. The summed E-state index contributed by atoms with van der Waals surface area (Å²) in [5.74, 6) is 1.81. The van der Waals surface area contributed by atoms with Crippen LogP contribution in [0.2, 0.25) is 0 Å². The van der Waals surface area contributed by atoms with Gasteiger partial charge < -0.3 is 5.32 Å². The molecule has 20 heavy (non-hydrogen) atoms. The quantitative estimate of drug-likeness (QED) is 0.836. The van der Waals surface area contributed by atoms with Gasteiger partial charge in [0.1, 0.15) is 0 Å². The van der Waals surface area contributed by atoms with Crippen LogP contribution in [0.15, 0.2) is 12.3 Å². The highest BCUT2D eigenvalue weighted by atomic mass is 15.3. The summed E-state index contributed by atoms with van der Waals surface area (Å²) in [5, 5.41) is 7.84. The minimum atomic E-state index is 0.498. The maximum Gasteiger partial charge on any atom is 0.0492 e. The van der Waals surface area contributed by atoms with Gasteiger partial charge in [0.25, 0.3) is 0 Å². The molecule has 1 aromatic heterocycles. The Bertz CT molecular complexity index is 395.